The number of hydrogen-bond acceptors (Lipinski definition) is 3. The SMILES string of the molecule is Cn1ccnc1C(=O)NCc1ccccc1CN1CCCC1=O. The number of rotatable bonds is 5. The zero-order valence-electron chi connectivity index (χ0n) is 13.2. The molecule has 1 aromatic carbocycles. The second-order valence-corrected chi connectivity index (χ2v) is 5.73. The van der Waals surface area contributed by atoms with Crippen molar-refractivity contribution in [3.05, 3.63) is 53.6 Å². The van der Waals surface area contributed by atoms with Gasteiger partial charge in [-0.05, 0) is 17.5 Å². The molecule has 6 nitrogen and oxygen atoms in total. The fourth-order valence-corrected chi connectivity index (χ4v) is 2.80. The van der Waals surface area contributed by atoms with Crippen molar-refractivity contribution in [2.24, 2.45) is 7.05 Å². The third-order valence-corrected chi connectivity index (χ3v) is 4.11. The Kier molecular flexibility index (Phi) is 4.41. The van der Waals surface area contributed by atoms with Crippen molar-refractivity contribution >= 4 is 11.8 Å². The Morgan fingerprint density at radius 3 is 2.74 bits per heavy atom. The van der Waals surface area contributed by atoms with Gasteiger partial charge >= 0.3 is 0 Å². The van der Waals surface area contributed by atoms with E-state index in [1.54, 1.807) is 24.0 Å². The molecule has 0 saturated carbocycles. The monoisotopic (exact) mass is 312 g/mol. The van der Waals surface area contributed by atoms with Gasteiger partial charge in [0.1, 0.15) is 0 Å². The van der Waals surface area contributed by atoms with Crippen LogP contribution in [0.15, 0.2) is 36.7 Å². The van der Waals surface area contributed by atoms with E-state index >= 15 is 0 Å². The van der Waals surface area contributed by atoms with E-state index in [9.17, 15) is 9.59 Å². The molecule has 0 aliphatic carbocycles. The fraction of sp³-hybridized carbons (Fsp3) is 0.353. The highest BCUT2D eigenvalue weighted by Crippen LogP contribution is 2.17. The molecule has 1 saturated heterocycles. The summed E-state index contributed by atoms with van der Waals surface area (Å²) in [6.07, 6.45) is 4.90. The Bertz CT molecular complexity index is 723. The van der Waals surface area contributed by atoms with Gasteiger partial charge in [-0.2, -0.15) is 0 Å². The van der Waals surface area contributed by atoms with Crippen molar-refractivity contribution in [1.29, 1.82) is 0 Å². The molecule has 2 aromatic rings. The molecule has 1 aromatic heterocycles. The minimum absolute atomic E-state index is 0.204. The van der Waals surface area contributed by atoms with Crippen molar-refractivity contribution in [1.82, 2.24) is 19.8 Å². The van der Waals surface area contributed by atoms with Crippen LogP contribution < -0.4 is 5.32 Å². The topological polar surface area (TPSA) is 67.2 Å². The second-order valence-electron chi connectivity index (χ2n) is 5.73. The number of nitrogens with one attached hydrogen (secondary N) is 1. The van der Waals surface area contributed by atoms with E-state index in [2.05, 4.69) is 10.3 Å². The first-order valence-corrected chi connectivity index (χ1v) is 7.75. The normalized spacial score (nSPS) is 14.3. The Balaban J connectivity index is 1.67. The third-order valence-electron chi connectivity index (χ3n) is 4.11. The number of hydrogen-bond donors (Lipinski definition) is 1. The molecule has 2 heterocycles. The Morgan fingerprint density at radius 1 is 1.30 bits per heavy atom. The van der Waals surface area contributed by atoms with E-state index < -0.39 is 0 Å². The van der Waals surface area contributed by atoms with Gasteiger partial charge in [0.05, 0.1) is 0 Å². The summed E-state index contributed by atoms with van der Waals surface area (Å²) in [6.45, 7) is 1.84. The van der Waals surface area contributed by atoms with Crippen LogP contribution in [-0.4, -0.2) is 32.8 Å². The van der Waals surface area contributed by atoms with E-state index in [0.29, 0.717) is 25.3 Å². The Labute approximate surface area is 135 Å². The molecule has 0 unspecified atom stereocenters. The van der Waals surface area contributed by atoms with Crippen LogP contribution in [0.1, 0.15) is 34.6 Å². The predicted octanol–water partition coefficient (Wildman–Crippen LogP) is 1.47. The number of aryl methyl sites for hydroxylation is 1. The summed E-state index contributed by atoms with van der Waals surface area (Å²) in [5.74, 6) is 0.388. The lowest BCUT2D eigenvalue weighted by molar-refractivity contribution is -0.128. The van der Waals surface area contributed by atoms with Crippen molar-refractivity contribution in [2.45, 2.75) is 25.9 Å². The lowest BCUT2D eigenvalue weighted by Gasteiger charge is -2.18. The van der Waals surface area contributed by atoms with Gasteiger partial charge in [-0.1, -0.05) is 24.3 Å². The molecule has 23 heavy (non-hydrogen) atoms. The number of amides is 2. The van der Waals surface area contributed by atoms with E-state index in [1.165, 1.54) is 0 Å². The van der Waals surface area contributed by atoms with Crippen molar-refractivity contribution in [3.8, 4) is 0 Å². The summed E-state index contributed by atoms with van der Waals surface area (Å²) in [7, 11) is 1.79. The van der Waals surface area contributed by atoms with Crippen molar-refractivity contribution < 1.29 is 9.59 Å². The number of imidazole rings is 1. The van der Waals surface area contributed by atoms with Gasteiger partial charge in [0.25, 0.3) is 5.91 Å². The van der Waals surface area contributed by atoms with Gasteiger partial charge in [0.2, 0.25) is 5.91 Å². The molecule has 6 heteroatoms. The van der Waals surface area contributed by atoms with Gasteiger partial charge in [0, 0.05) is 45.5 Å². The van der Waals surface area contributed by atoms with E-state index in [4.69, 9.17) is 0 Å². The summed E-state index contributed by atoms with van der Waals surface area (Å²) in [5.41, 5.74) is 2.10. The van der Waals surface area contributed by atoms with Crippen LogP contribution in [0, 0.1) is 0 Å². The molecule has 3 rings (SSSR count). The van der Waals surface area contributed by atoms with Gasteiger partial charge < -0.3 is 14.8 Å². The van der Waals surface area contributed by atoms with Gasteiger partial charge in [-0.3, -0.25) is 9.59 Å². The summed E-state index contributed by atoms with van der Waals surface area (Å²) in [6, 6.07) is 7.89. The average Bonchev–Trinajstić information content (AvgIpc) is 3.15. The molecule has 1 aliphatic rings. The molecule has 0 bridgehead atoms. The first kappa shape index (κ1) is 15.3. The molecule has 1 N–H and O–H groups in total. The first-order valence-electron chi connectivity index (χ1n) is 7.75. The Hall–Kier alpha value is -2.63. The molecular formula is C17H20N4O2. The lowest BCUT2D eigenvalue weighted by atomic mass is 10.1. The molecular weight excluding hydrogens is 292 g/mol. The molecule has 120 valence electrons. The zero-order chi connectivity index (χ0) is 16.2. The average molecular weight is 312 g/mol. The highest BCUT2D eigenvalue weighted by atomic mass is 16.2. The molecule has 0 atom stereocenters. The van der Waals surface area contributed by atoms with Gasteiger partial charge in [-0.15, -0.1) is 0 Å². The maximum absolute atomic E-state index is 12.1. The van der Waals surface area contributed by atoms with Crippen LogP contribution in [0.3, 0.4) is 0 Å². The number of benzene rings is 1. The van der Waals surface area contributed by atoms with E-state index in [1.807, 2.05) is 29.2 Å². The zero-order valence-corrected chi connectivity index (χ0v) is 13.2. The number of aromatic nitrogens is 2. The first-order chi connectivity index (χ1) is 11.1. The molecule has 2 amide bonds. The second kappa shape index (κ2) is 6.64. The van der Waals surface area contributed by atoms with Gasteiger partial charge in [0.15, 0.2) is 5.82 Å². The standard InChI is InChI=1S/C17H20N4O2/c1-20-10-8-18-16(20)17(23)19-11-13-5-2-3-6-14(13)12-21-9-4-7-15(21)22/h2-3,5-6,8,10H,4,7,9,11-12H2,1H3,(H,19,23). The number of carbonyl (C=O) groups is 2. The Morgan fingerprint density at radius 2 is 2.09 bits per heavy atom. The van der Waals surface area contributed by atoms with Crippen LogP contribution in [0.5, 0.6) is 0 Å². The summed E-state index contributed by atoms with van der Waals surface area (Å²) < 4.78 is 1.68. The molecule has 0 spiro atoms. The molecule has 0 radical (unpaired) electrons. The minimum atomic E-state index is -0.204. The highest BCUT2D eigenvalue weighted by molar-refractivity contribution is 5.90. The van der Waals surface area contributed by atoms with E-state index in [0.717, 1.165) is 24.1 Å². The third kappa shape index (κ3) is 3.41. The van der Waals surface area contributed by atoms with E-state index in [-0.39, 0.29) is 11.8 Å². The fourth-order valence-electron chi connectivity index (χ4n) is 2.80. The number of carbonyl (C=O) groups excluding carboxylic acids is 2. The van der Waals surface area contributed by atoms with Crippen molar-refractivity contribution in [3.63, 3.8) is 0 Å². The van der Waals surface area contributed by atoms with Crippen molar-refractivity contribution in [2.75, 3.05) is 6.54 Å². The van der Waals surface area contributed by atoms with Crippen LogP contribution in [0.4, 0.5) is 0 Å². The quantitative estimate of drug-likeness (QED) is 0.909. The lowest BCUT2D eigenvalue weighted by Crippen LogP contribution is -2.28. The molecule has 1 aliphatic heterocycles. The highest BCUT2D eigenvalue weighted by Gasteiger charge is 2.21. The van der Waals surface area contributed by atoms with Crippen LogP contribution in [0.2, 0.25) is 0 Å². The summed E-state index contributed by atoms with van der Waals surface area (Å²) in [5, 5.41) is 2.89. The summed E-state index contributed by atoms with van der Waals surface area (Å²) >= 11 is 0. The largest absolute Gasteiger partial charge is 0.345 e. The minimum Gasteiger partial charge on any atom is -0.345 e. The van der Waals surface area contributed by atoms with Crippen LogP contribution in [-0.2, 0) is 24.9 Å². The smallest absolute Gasteiger partial charge is 0.287 e. The molecule has 1 fully saturated rings. The maximum atomic E-state index is 12.1. The predicted molar refractivity (Wildman–Crippen MR) is 85.5 cm³/mol. The van der Waals surface area contributed by atoms with Crippen LogP contribution >= 0.6 is 0 Å². The number of nitrogens with zero attached hydrogens (tertiary/aromatic N) is 3. The van der Waals surface area contributed by atoms with Gasteiger partial charge in [-0.25, -0.2) is 4.98 Å². The number of likely N-dealkylation sites (tertiary alicyclic amines) is 1. The maximum Gasteiger partial charge on any atom is 0.287 e. The summed E-state index contributed by atoms with van der Waals surface area (Å²) in [4.78, 5) is 29.9. The van der Waals surface area contributed by atoms with Crippen LogP contribution in [0.25, 0.3) is 0 Å².